The number of aryl methyl sites for hydroxylation is 1. The Labute approximate surface area is 275 Å². The van der Waals surface area contributed by atoms with E-state index in [1.165, 1.54) is 6.20 Å². The van der Waals surface area contributed by atoms with Crippen LogP contribution in [0.5, 0.6) is 0 Å². The zero-order chi connectivity index (χ0) is 35.0. The molecule has 0 saturated carbocycles. The molecule has 6 N–H and O–H groups in total. The van der Waals surface area contributed by atoms with Gasteiger partial charge in [-0.05, 0) is 63.0 Å². The molecule has 0 saturated heterocycles. The summed E-state index contributed by atoms with van der Waals surface area (Å²) in [4.78, 5) is 69.6. The topological polar surface area (TPSA) is 170 Å². The fourth-order valence-corrected chi connectivity index (χ4v) is 5.04. The molecule has 1 heterocycles. The molecule has 12 nitrogen and oxygen atoms in total. The van der Waals surface area contributed by atoms with Gasteiger partial charge in [0.1, 0.15) is 18.1 Å². The fraction of sp³-hybridized carbons (Fsp3) is 0.706. The second kappa shape index (κ2) is 20.6. The number of hydrogen-bond donors (Lipinski definition) is 6. The van der Waals surface area contributed by atoms with Crippen LogP contribution in [0.25, 0.3) is 0 Å². The van der Waals surface area contributed by atoms with Gasteiger partial charge in [-0.1, -0.05) is 61.3 Å². The lowest BCUT2D eigenvalue weighted by molar-refractivity contribution is -0.131. The second-order valence-electron chi connectivity index (χ2n) is 13.0. The molecule has 6 atom stereocenters. The van der Waals surface area contributed by atoms with Crippen molar-refractivity contribution in [3.05, 3.63) is 29.6 Å². The maximum atomic E-state index is 13.6. The summed E-state index contributed by atoms with van der Waals surface area (Å²) in [6.45, 7) is 19.7. The highest BCUT2D eigenvalue weighted by Gasteiger charge is 2.31. The molecule has 5 amide bonds. The lowest BCUT2D eigenvalue weighted by Gasteiger charge is -2.29. The summed E-state index contributed by atoms with van der Waals surface area (Å²) >= 11 is 0. The number of carbonyl (C=O) groups is 5. The van der Waals surface area contributed by atoms with Crippen LogP contribution in [0.2, 0.25) is 0 Å². The third-order valence-electron chi connectivity index (χ3n) is 8.02. The monoisotopic (exact) mass is 645 g/mol. The lowest BCUT2D eigenvalue weighted by Crippen LogP contribution is -2.58. The minimum atomic E-state index is -0.834. The van der Waals surface area contributed by atoms with Crippen LogP contribution in [0.15, 0.2) is 18.5 Å². The molecular formula is C34H59N7O5. The quantitative estimate of drug-likeness (QED) is 0.127. The molecule has 0 aliphatic rings. The van der Waals surface area contributed by atoms with Crippen LogP contribution in [-0.4, -0.2) is 77.8 Å². The molecule has 12 heteroatoms. The maximum Gasteiger partial charge on any atom is 0.252 e. The van der Waals surface area contributed by atoms with Gasteiger partial charge in [-0.2, -0.15) is 0 Å². The Morgan fingerprint density at radius 2 is 1.48 bits per heavy atom. The van der Waals surface area contributed by atoms with E-state index in [1.54, 1.807) is 26.1 Å². The molecule has 0 aliphatic carbocycles. The first kappa shape index (κ1) is 40.5. The number of nitrogens with one attached hydrogen (secondary N) is 6. The lowest BCUT2D eigenvalue weighted by atomic mass is 9.96. The number of aromatic nitrogens is 1. The number of pyridine rings is 1. The summed E-state index contributed by atoms with van der Waals surface area (Å²) in [6.07, 6.45) is 5.49. The SMILES string of the molecule is CCC[C@H](NC(=O)[C@@H](NC(=O)c1ccncc1C)[C@@H](C)CC)C(=O)N[C@H](CN[C@@H](C)C(=O)N[C@H](C(=O)NCC)C(C)C)CC(C)C. The van der Waals surface area contributed by atoms with Crippen molar-refractivity contribution < 1.29 is 24.0 Å². The molecule has 0 spiro atoms. The van der Waals surface area contributed by atoms with Gasteiger partial charge in [0, 0.05) is 37.1 Å². The molecular weight excluding hydrogens is 586 g/mol. The summed E-state index contributed by atoms with van der Waals surface area (Å²) in [5.74, 6) is -1.66. The summed E-state index contributed by atoms with van der Waals surface area (Å²) in [6, 6.07) is -1.61. The Bertz CT molecular complexity index is 1140. The first-order valence-corrected chi connectivity index (χ1v) is 16.8. The number of hydrogen-bond acceptors (Lipinski definition) is 7. The van der Waals surface area contributed by atoms with Gasteiger partial charge in [0.05, 0.1) is 6.04 Å². The average molecular weight is 646 g/mol. The molecule has 0 aliphatic heterocycles. The van der Waals surface area contributed by atoms with E-state index in [0.717, 1.165) is 0 Å². The zero-order valence-corrected chi connectivity index (χ0v) is 29.6. The Balaban J connectivity index is 2.99. The van der Waals surface area contributed by atoms with Gasteiger partial charge < -0.3 is 31.9 Å². The highest BCUT2D eigenvalue weighted by atomic mass is 16.2. The van der Waals surface area contributed by atoms with Crippen LogP contribution < -0.4 is 31.9 Å². The number of likely N-dealkylation sites (N-methyl/N-ethyl adjacent to an activating group) is 1. The smallest absolute Gasteiger partial charge is 0.252 e. The molecule has 0 radical (unpaired) electrons. The van der Waals surface area contributed by atoms with Gasteiger partial charge in [0.25, 0.3) is 5.91 Å². The van der Waals surface area contributed by atoms with Crippen LogP contribution >= 0.6 is 0 Å². The van der Waals surface area contributed by atoms with E-state index in [4.69, 9.17) is 0 Å². The van der Waals surface area contributed by atoms with Crippen molar-refractivity contribution >= 4 is 29.5 Å². The normalized spacial score (nSPS) is 15.2. The Morgan fingerprint density at radius 1 is 0.804 bits per heavy atom. The standard InChI is InChI=1S/C34H59N7O5/c1-11-14-27(39-34(46)29(22(8)12-2)41-31(43)26-15-16-35-18-23(26)9)32(44)38-25(17-20(4)5)19-37-24(10)30(42)40-28(21(6)7)33(45)36-13-3/h15-16,18,20-22,24-25,27-29,37H,11-14,17,19H2,1-10H3,(H,36,45)(H,38,44)(H,39,46)(H,40,42)(H,41,43)/t22-,24-,25-,27-,28-,29-/m0/s1. The van der Waals surface area contributed by atoms with Crippen LogP contribution in [0, 0.1) is 24.7 Å². The average Bonchev–Trinajstić information content (AvgIpc) is 2.99. The van der Waals surface area contributed by atoms with Crippen LogP contribution in [0.3, 0.4) is 0 Å². The fourth-order valence-electron chi connectivity index (χ4n) is 5.04. The van der Waals surface area contributed by atoms with Gasteiger partial charge in [0.2, 0.25) is 23.6 Å². The van der Waals surface area contributed by atoms with E-state index >= 15 is 0 Å². The first-order valence-electron chi connectivity index (χ1n) is 16.8. The van der Waals surface area contributed by atoms with E-state index in [2.05, 4.69) is 36.9 Å². The molecule has 1 aromatic rings. The van der Waals surface area contributed by atoms with Crippen molar-refractivity contribution in [1.29, 1.82) is 0 Å². The third-order valence-corrected chi connectivity index (χ3v) is 8.02. The number of amides is 5. The minimum Gasteiger partial charge on any atom is -0.355 e. The molecule has 1 aromatic heterocycles. The molecule has 0 fully saturated rings. The Hall–Kier alpha value is -3.54. The van der Waals surface area contributed by atoms with E-state index in [-0.39, 0.29) is 47.4 Å². The summed E-state index contributed by atoms with van der Waals surface area (Å²) in [5, 5.41) is 17.6. The maximum absolute atomic E-state index is 13.6. The number of rotatable bonds is 20. The van der Waals surface area contributed by atoms with Gasteiger partial charge in [-0.3, -0.25) is 29.0 Å². The van der Waals surface area contributed by atoms with Crippen LogP contribution in [-0.2, 0) is 19.2 Å². The van der Waals surface area contributed by atoms with Crippen molar-refractivity contribution in [2.75, 3.05) is 13.1 Å². The highest BCUT2D eigenvalue weighted by molar-refractivity contribution is 5.99. The van der Waals surface area contributed by atoms with Crippen LogP contribution in [0.4, 0.5) is 0 Å². The summed E-state index contributed by atoms with van der Waals surface area (Å²) in [7, 11) is 0. The van der Waals surface area contributed by atoms with Crippen molar-refractivity contribution in [2.45, 2.75) is 125 Å². The first-order chi connectivity index (χ1) is 21.7. The van der Waals surface area contributed by atoms with Gasteiger partial charge in [-0.15, -0.1) is 0 Å². The highest BCUT2D eigenvalue weighted by Crippen LogP contribution is 2.13. The van der Waals surface area contributed by atoms with Crippen molar-refractivity contribution in [3.63, 3.8) is 0 Å². The third kappa shape index (κ3) is 13.4. The summed E-state index contributed by atoms with van der Waals surface area (Å²) < 4.78 is 0. The van der Waals surface area contributed by atoms with Crippen molar-refractivity contribution in [3.8, 4) is 0 Å². The second-order valence-corrected chi connectivity index (χ2v) is 13.0. The van der Waals surface area contributed by atoms with E-state index in [1.807, 2.05) is 55.4 Å². The Morgan fingerprint density at radius 3 is 2.02 bits per heavy atom. The van der Waals surface area contributed by atoms with Crippen molar-refractivity contribution in [2.24, 2.45) is 17.8 Å². The van der Waals surface area contributed by atoms with Crippen molar-refractivity contribution in [1.82, 2.24) is 36.9 Å². The minimum absolute atomic E-state index is 0.0885. The molecule has 1 rings (SSSR count). The number of carbonyl (C=O) groups excluding carboxylic acids is 5. The molecule has 260 valence electrons. The van der Waals surface area contributed by atoms with E-state index in [0.29, 0.717) is 49.9 Å². The Kier molecular flexibility index (Phi) is 18.1. The predicted octanol–water partition coefficient (Wildman–Crippen LogP) is 2.61. The number of nitrogens with zero attached hydrogens (tertiary/aromatic N) is 1. The zero-order valence-electron chi connectivity index (χ0n) is 29.6. The van der Waals surface area contributed by atoms with Crippen LogP contribution in [0.1, 0.15) is 104 Å². The predicted molar refractivity (Wildman–Crippen MR) is 181 cm³/mol. The van der Waals surface area contributed by atoms with E-state index < -0.39 is 30.1 Å². The largest absolute Gasteiger partial charge is 0.355 e. The molecule has 0 bridgehead atoms. The van der Waals surface area contributed by atoms with Gasteiger partial charge in [0.15, 0.2) is 0 Å². The molecule has 0 aromatic carbocycles. The molecule has 46 heavy (non-hydrogen) atoms. The van der Waals surface area contributed by atoms with Gasteiger partial charge >= 0.3 is 0 Å². The van der Waals surface area contributed by atoms with Gasteiger partial charge in [-0.25, -0.2) is 0 Å². The molecule has 0 unspecified atom stereocenters. The summed E-state index contributed by atoms with van der Waals surface area (Å²) in [5.41, 5.74) is 1.14. The van der Waals surface area contributed by atoms with E-state index in [9.17, 15) is 24.0 Å².